The lowest BCUT2D eigenvalue weighted by molar-refractivity contribution is 0.405. The molecule has 0 atom stereocenters. The molecule has 0 amide bonds. The summed E-state index contributed by atoms with van der Waals surface area (Å²) in [6.07, 6.45) is 1.04. The van der Waals surface area contributed by atoms with E-state index in [9.17, 15) is 5.11 Å². The van der Waals surface area contributed by atoms with Crippen molar-refractivity contribution in [1.29, 1.82) is 0 Å². The molecule has 0 spiro atoms. The fraction of sp³-hybridized carbons (Fsp3) is 0.200. The molecule has 18 heavy (non-hydrogen) atoms. The standard InChI is InChI=1S/C15H16O2S/c1-3-11-4-7-13(8-5-11)18-15-9-6-12(17-2)10-14(15)16/h4-10,16H,3H2,1-2H3. The van der Waals surface area contributed by atoms with Crippen LogP contribution >= 0.6 is 11.8 Å². The Morgan fingerprint density at radius 2 is 1.83 bits per heavy atom. The molecule has 2 rings (SSSR count). The molecule has 0 radical (unpaired) electrons. The zero-order valence-corrected chi connectivity index (χ0v) is 11.3. The van der Waals surface area contributed by atoms with Crippen molar-refractivity contribution in [3.8, 4) is 11.5 Å². The molecule has 0 bridgehead atoms. The molecule has 0 aromatic heterocycles. The van der Waals surface area contributed by atoms with E-state index in [0.717, 1.165) is 16.2 Å². The van der Waals surface area contributed by atoms with Gasteiger partial charge in [-0.25, -0.2) is 0 Å². The van der Waals surface area contributed by atoms with Gasteiger partial charge in [0.1, 0.15) is 11.5 Å². The van der Waals surface area contributed by atoms with E-state index in [-0.39, 0.29) is 5.75 Å². The van der Waals surface area contributed by atoms with Crippen molar-refractivity contribution in [3.63, 3.8) is 0 Å². The van der Waals surface area contributed by atoms with Gasteiger partial charge >= 0.3 is 0 Å². The third-order valence-electron chi connectivity index (χ3n) is 2.73. The quantitative estimate of drug-likeness (QED) is 0.897. The van der Waals surface area contributed by atoms with Gasteiger partial charge in [-0.1, -0.05) is 30.8 Å². The van der Waals surface area contributed by atoms with Crippen LogP contribution in [0.3, 0.4) is 0 Å². The summed E-state index contributed by atoms with van der Waals surface area (Å²) in [5.41, 5.74) is 1.32. The number of rotatable bonds is 4. The molecular weight excluding hydrogens is 244 g/mol. The monoisotopic (exact) mass is 260 g/mol. The zero-order chi connectivity index (χ0) is 13.0. The van der Waals surface area contributed by atoms with Crippen LogP contribution in [0.25, 0.3) is 0 Å². The summed E-state index contributed by atoms with van der Waals surface area (Å²) >= 11 is 1.55. The lowest BCUT2D eigenvalue weighted by Gasteiger charge is -2.07. The third-order valence-corrected chi connectivity index (χ3v) is 3.80. The van der Waals surface area contributed by atoms with Gasteiger partial charge in [-0.15, -0.1) is 0 Å². The first-order chi connectivity index (χ1) is 8.72. The Balaban J connectivity index is 2.17. The SMILES string of the molecule is CCc1ccc(Sc2ccc(OC)cc2O)cc1. The van der Waals surface area contributed by atoms with Gasteiger partial charge in [0.15, 0.2) is 0 Å². The van der Waals surface area contributed by atoms with Crippen LogP contribution in [0.1, 0.15) is 12.5 Å². The smallest absolute Gasteiger partial charge is 0.133 e. The summed E-state index contributed by atoms with van der Waals surface area (Å²) in [5.74, 6) is 0.914. The predicted molar refractivity (Wildman–Crippen MR) is 74.6 cm³/mol. The highest BCUT2D eigenvalue weighted by molar-refractivity contribution is 7.99. The van der Waals surface area contributed by atoms with Crippen molar-refractivity contribution in [2.24, 2.45) is 0 Å². The van der Waals surface area contributed by atoms with Crippen LogP contribution < -0.4 is 4.74 Å². The molecule has 0 aliphatic carbocycles. The second kappa shape index (κ2) is 5.83. The Hall–Kier alpha value is -1.61. The Labute approximate surface area is 112 Å². The van der Waals surface area contributed by atoms with Gasteiger partial charge < -0.3 is 9.84 Å². The number of aromatic hydroxyl groups is 1. The largest absolute Gasteiger partial charge is 0.507 e. The van der Waals surface area contributed by atoms with Crippen molar-refractivity contribution >= 4 is 11.8 Å². The van der Waals surface area contributed by atoms with Gasteiger partial charge in [0.25, 0.3) is 0 Å². The molecule has 0 aliphatic rings. The van der Waals surface area contributed by atoms with E-state index >= 15 is 0 Å². The molecule has 0 fully saturated rings. The predicted octanol–water partition coefficient (Wildman–Crippen LogP) is 4.11. The Kier molecular flexibility index (Phi) is 4.15. The molecular formula is C15H16O2S. The summed E-state index contributed by atoms with van der Waals surface area (Å²) in [5, 5.41) is 9.88. The van der Waals surface area contributed by atoms with Crippen LogP contribution in [0.5, 0.6) is 11.5 Å². The van der Waals surface area contributed by atoms with Crippen LogP contribution in [0, 0.1) is 0 Å². The van der Waals surface area contributed by atoms with Crippen molar-refractivity contribution in [2.45, 2.75) is 23.1 Å². The fourth-order valence-electron chi connectivity index (χ4n) is 1.63. The molecule has 3 heteroatoms. The first kappa shape index (κ1) is 12.8. The Morgan fingerprint density at radius 1 is 1.11 bits per heavy atom. The number of phenolic OH excluding ortho intramolecular Hbond substituents is 1. The van der Waals surface area contributed by atoms with Gasteiger partial charge in [-0.05, 0) is 36.2 Å². The number of hydrogen-bond acceptors (Lipinski definition) is 3. The number of hydrogen-bond donors (Lipinski definition) is 1. The molecule has 1 N–H and O–H groups in total. The van der Waals surface area contributed by atoms with Crippen LogP contribution in [0.2, 0.25) is 0 Å². The molecule has 2 aromatic carbocycles. The molecule has 0 aliphatic heterocycles. The first-order valence-corrected chi connectivity index (χ1v) is 6.68. The highest BCUT2D eigenvalue weighted by Gasteiger charge is 2.05. The highest BCUT2D eigenvalue weighted by Crippen LogP contribution is 2.36. The van der Waals surface area contributed by atoms with Crippen LogP contribution in [0.15, 0.2) is 52.3 Å². The summed E-state index contributed by atoms with van der Waals surface area (Å²) in [4.78, 5) is 1.95. The van der Waals surface area contributed by atoms with Crippen molar-refractivity contribution in [2.75, 3.05) is 7.11 Å². The molecule has 0 saturated heterocycles. The number of aryl methyl sites for hydroxylation is 1. The average molecular weight is 260 g/mol. The number of methoxy groups -OCH3 is 1. The van der Waals surface area contributed by atoms with E-state index in [0.29, 0.717) is 5.75 Å². The van der Waals surface area contributed by atoms with Gasteiger partial charge in [0.05, 0.1) is 12.0 Å². The fourth-order valence-corrected chi connectivity index (χ4v) is 2.46. The topological polar surface area (TPSA) is 29.5 Å². The number of ether oxygens (including phenoxy) is 1. The van der Waals surface area contributed by atoms with Crippen molar-refractivity contribution < 1.29 is 9.84 Å². The van der Waals surface area contributed by atoms with Gasteiger partial charge in [0, 0.05) is 11.0 Å². The molecule has 0 heterocycles. The van der Waals surface area contributed by atoms with E-state index in [2.05, 4.69) is 31.2 Å². The zero-order valence-electron chi connectivity index (χ0n) is 10.5. The van der Waals surface area contributed by atoms with E-state index in [1.165, 1.54) is 5.56 Å². The van der Waals surface area contributed by atoms with E-state index in [1.807, 2.05) is 12.1 Å². The second-order valence-electron chi connectivity index (χ2n) is 3.93. The lowest BCUT2D eigenvalue weighted by Crippen LogP contribution is -1.83. The first-order valence-electron chi connectivity index (χ1n) is 5.86. The maximum absolute atomic E-state index is 9.88. The normalized spacial score (nSPS) is 10.3. The molecule has 2 nitrogen and oxygen atoms in total. The second-order valence-corrected chi connectivity index (χ2v) is 5.05. The van der Waals surface area contributed by atoms with E-state index in [1.54, 1.807) is 24.9 Å². The number of benzene rings is 2. The van der Waals surface area contributed by atoms with Crippen molar-refractivity contribution in [3.05, 3.63) is 48.0 Å². The Morgan fingerprint density at radius 3 is 2.39 bits per heavy atom. The maximum Gasteiger partial charge on any atom is 0.133 e. The number of phenols is 1. The summed E-state index contributed by atoms with van der Waals surface area (Å²) in [6.45, 7) is 2.14. The van der Waals surface area contributed by atoms with E-state index in [4.69, 9.17) is 4.74 Å². The minimum absolute atomic E-state index is 0.249. The highest BCUT2D eigenvalue weighted by atomic mass is 32.2. The van der Waals surface area contributed by atoms with E-state index < -0.39 is 0 Å². The van der Waals surface area contributed by atoms with Gasteiger partial charge in [-0.2, -0.15) is 0 Å². The van der Waals surface area contributed by atoms with Gasteiger partial charge in [0.2, 0.25) is 0 Å². The summed E-state index contributed by atoms with van der Waals surface area (Å²) in [6, 6.07) is 13.7. The third kappa shape index (κ3) is 2.99. The lowest BCUT2D eigenvalue weighted by atomic mass is 10.2. The van der Waals surface area contributed by atoms with Crippen LogP contribution in [-0.4, -0.2) is 12.2 Å². The maximum atomic E-state index is 9.88. The minimum atomic E-state index is 0.249. The molecule has 0 saturated carbocycles. The van der Waals surface area contributed by atoms with Gasteiger partial charge in [-0.3, -0.25) is 0 Å². The average Bonchev–Trinajstić information content (AvgIpc) is 2.42. The summed E-state index contributed by atoms with van der Waals surface area (Å²) in [7, 11) is 1.59. The van der Waals surface area contributed by atoms with Crippen LogP contribution in [0.4, 0.5) is 0 Å². The minimum Gasteiger partial charge on any atom is -0.507 e. The molecule has 94 valence electrons. The Bertz CT molecular complexity index is 521. The van der Waals surface area contributed by atoms with Crippen LogP contribution in [-0.2, 0) is 6.42 Å². The molecule has 2 aromatic rings. The van der Waals surface area contributed by atoms with Crippen molar-refractivity contribution in [1.82, 2.24) is 0 Å². The molecule has 0 unspecified atom stereocenters. The summed E-state index contributed by atoms with van der Waals surface area (Å²) < 4.78 is 5.06.